The van der Waals surface area contributed by atoms with Crippen molar-refractivity contribution < 1.29 is 34.2 Å². The Morgan fingerprint density at radius 1 is 1.00 bits per heavy atom. The Hall–Kier alpha value is -0.437. The van der Waals surface area contributed by atoms with Crippen LogP contribution in [0.2, 0.25) is 0 Å². The molecule has 0 atom stereocenters. The van der Waals surface area contributed by atoms with Crippen molar-refractivity contribution in [1.82, 2.24) is 5.32 Å². The molecule has 0 aliphatic rings. The number of hydrogen-bond acceptors (Lipinski definition) is 2. The van der Waals surface area contributed by atoms with Crippen molar-refractivity contribution >= 4 is 11.9 Å². The van der Waals surface area contributed by atoms with Crippen LogP contribution in [0.1, 0.15) is 58.3 Å². The van der Waals surface area contributed by atoms with E-state index in [2.05, 4.69) is 12.2 Å². The SMILES string of the molecule is CCCCCCCCCC(=O)NCC(=O)O.[Zn]. The molecule has 0 aromatic rings. The van der Waals surface area contributed by atoms with E-state index in [4.69, 9.17) is 5.11 Å². The molecule has 5 heteroatoms. The molecule has 96 valence electrons. The van der Waals surface area contributed by atoms with Crippen molar-refractivity contribution in [1.29, 1.82) is 0 Å². The first-order valence-corrected chi connectivity index (χ1v) is 6.15. The largest absolute Gasteiger partial charge is 0.480 e. The van der Waals surface area contributed by atoms with Gasteiger partial charge >= 0.3 is 5.97 Å². The fourth-order valence-corrected chi connectivity index (χ4v) is 1.51. The van der Waals surface area contributed by atoms with E-state index in [0.29, 0.717) is 6.42 Å². The minimum atomic E-state index is -0.993. The van der Waals surface area contributed by atoms with Gasteiger partial charge in [-0.05, 0) is 6.42 Å². The molecule has 1 amide bonds. The average molecular weight is 295 g/mol. The molecule has 0 spiro atoms. The zero-order valence-corrected chi connectivity index (χ0v) is 13.8. The van der Waals surface area contributed by atoms with E-state index in [1.54, 1.807) is 0 Å². The third-order valence-electron chi connectivity index (χ3n) is 2.44. The number of carbonyl (C=O) groups is 2. The second-order valence-electron chi connectivity index (χ2n) is 4.04. The number of carbonyl (C=O) groups excluding carboxylic acids is 1. The molecule has 0 aliphatic heterocycles. The molecule has 0 heterocycles. The minimum absolute atomic E-state index is 0. The van der Waals surface area contributed by atoms with Crippen LogP contribution in [0.5, 0.6) is 0 Å². The van der Waals surface area contributed by atoms with Gasteiger partial charge in [-0.2, -0.15) is 0 Å². The Balaban J connectivity index is 0. The smallest absolute Gasteiger partial charge is 0.322 e. The molecule has 0 aliphatic carbocycles. The summed E-state index contributed by atoms with van der Waals surface area (Å²) >= 11 is 0. The van der Waals surface area contributed by atoms with E-state index < -0.39 is 5.97 Å². The standard InChI is InChI=1S/C12H23NO3.Zn/c1-2-3-4-5-6-7-8-9-11(14)13-10-12(15)16;/h2-10H2,1H3,(H,13,14)(H,15,16);. The van der Waals surface area contributed by atoms with Crippen LogP contribution in [0.15, 0.2) is 0 Å². The summed E-state index contributed by atoms with van der Waals surface area (Å²) in [7, 11) is 0. The van der Waals surface area contributed by atoms with Gasteiger partial charge in [0.05, 0.1) is 0 Å². The third-order valence-corrected chi connectivity index (χ3v) is 2.44. The van der Waals surface area contributed by atoms with Gasteiger partial charge < -0.3 is 10.4 Å². The zero-order valence-electron chi connectivity index (χ0n) is 10.8. The summed E-state index contributed by atoms with van der Waals surface area (Å²) in [6, 6.07) is 0. The van der Waals surface area contributed by atoms with Crippen molar-refractivity contribution in [3.63, 3.8) is 0 Å². The van der Waals surface area contributed by atoms with E-state index >= 15 is 0 Å². The molecule has 2 N–H and O–H groups in total. The van der Waals surface area contributed by atoms with Gasteiger partial charge in [0.1, 0.15) is 6.54 Å². The minimum Gasteiger partial charge on any atom is -0.480 e. The number of nitrogens with one attached hydrogen (secondary N) is 1. The van der Waals surface area contributed by atoms with Crippen LogP contribution < -0.4 is 5.32 Å². The van der Waals surface area contributed by atoms with Gasteiger partial charge in [0.25, 0.3) is 0 Å². The van der Waals surface area contributed by atoms with Crippen LogP contribution in [0, 0.1) is 0 Å². The molecule has 0 aromatic carbocycles. The molecule has 0 saturated carbocycles. The first-order valence-electron chi connectivity index (χ1n) is 6.15. The van der Waals surface area contributed by atoms with E-state index in [1.165, 1.54) is 32.1 Å². The quantitative estimate of drug-likeness (QED) is 0.480. The number of carboxylic acids is 1. The van der Waals surface area contributed by atoms with Crippen LogP contribution in [-0.4, -0.2) is 23.5 Å². The topological polar surface area (TPSA) is 66.4 Å². The van der Waals surface area contributed by atoms with Crippen LogP contribution in [0.3, 0.4) is 0 Å². The third kappa shape index (κ3) is 15.6. The molecule has 0 unspecified atom stereocenters. The molecule has 0 bridgehead atoms. The van der Waals surface area contributed by atoms with Crippen molar-refractivity contribution in [2.45, 2.75) is 58.3 Å². The van der Waals surface area contributed by atoms with E-state index in [1.807, 2.05) is 0 Å². The molecule has 17 heavy (non-hydrogen) atoms. The van der Waals surface area contributed by atoms with Gasteiger partial charge in [-0.1, -0.05) is 45.4 Å². The fraction of sp³-hybridized carbons (Fsp3) is 0.833. The summed E-state index contributed by atoms with van der Waals surface area (Å²) in [6.07, 6.45) is 8.60. The number of unbranched alkanes of at least 4 members (excludes halogenated alkanes) is 6. The maximum atomic E-state index is 11.1. The van der Waals surface area contributed by atoms with Gasteiger partial charge in [-0.15, -0.1) is 0 Å². The monoisotopic (exact) mass is 293 g/mol. The summed E-state index contributed by atoms with van der Waals surface area (Å²) in [4.78, 5) is 21.3. The molecule has 4 nitrogen and oxygen atoms in total. The van der Waals surface area contributed by atoms with Crippen molar-refractivity contribution in [3.8, 4) is 0 Å². The van der Waals surface area contributed by atoms with Crippen molar-refractivity contribution in [3.05, 3.63) is 0 Å². The number of carboxylic acid groups (broad SMARTS) is 1. The van der Waals surface area contributed by atoms with Crippen LogP contribution in [-0.2, 0) is 29.1 Å². The van der Waals surface area contributed by atoms with E-state index in [0.717, 1.165) is 12.8 Å². The molecule has 0 saturated heterocycles. The summed E-state index contributed by atoms with van der Waals surface area (Å²) in [5, 5.41) is 10.7. The van der Waals surface area contributed by atoms with Gasteiger partial charge in [0.15, 0.2) is 0 Å². The molecular weight excluding hydrogens is 272 g/mol. The summed E-state index contributed by atoms with van der Waals surface area (Å²) in [5.74, 6) is -1.15. The van der Waals surface area contributed by atoms with Gasteiger partial charge in [-0.25, -0.2) is 0 Å². The Kier molecular flexibility index (Phi) is 15.2. The van der Waals surface area contributed by atoms with Crippen molar-refractivity contribution in [2.24, 2.45) is 0 Å². The maximum absolute atomic E-state index is 11.1. The predicted molar refractivity (Wildman–Crippen MR) is 63.3 cm³/mol. The van der Waals surface area contributed by atoms with Gasteiger partial charge in [-0.3, -0.25) is 9.59 Å². The zero-order chi connectivity index (χ0) is 12.2. The van der Waals surface area contributed by atoms with Crippen LogP contribution in [0.4, 0.5) is 0 Å². The fourth-order valence-electron chi connectivity index (χ4n) is 1.51. The average Bonchev–Trinajstić information content (AvgIpc) is 2.25. The summed E-state index contributed by atoms with van der Waals surface area (Å²) in [6.45, 7) is 1.92. The second-order valence-corrected chi connectivity index (χ2v) is 4.04. The Labute approximate surface area is 116 Å². The van der Waals surface area contributed by atoms with Crippen molar-refractivity contribution in [2.75, 3.05) is 6.54 Å². The first kappa shape index (κ1) is 18.9. The van der Waals surface area contributed by atoms with Gasteiger partial charge in [0.2, 0.25) is 5.91 Å². The second kappa shape index (κ2) is 13.6. The van der Waals surface area contributed by atoms with Crippen LogP contribution in [0.25, 0.3) is 0 Å². The number of aliphatic carboxylic acids is 1. The Morgan fingerprint density at radius 2 is 1.53 bits per heavy atom. The first-order chi connectivity index (χ1) is 7.66. The predicted octanol–water partition coefficient (Wildman–Crippen LogP) is 2.33. The maximum Gasteiger partial charge on any atom is 0.322 e. The Morgan fingerprint density at radius 3 is 2.06 bits per heavy atom. The molecular formula is C12H23NO3Zn. The number of hydrogen-bond donors (Lipinski definition) is 2. The van der Waals surface area contributed by atoms with E-state index in [9.17, 15) is 9.59 Å². The molecule has 0 rings (SSSR count). The van der Waals surface area contributed by atoms with E-state index in [-0.39, 0.29) is 31.9 Å². The summed E-state index contributed by atoms with van der Waals surface area (Å²) < 4.78 is 0. The number of amides is 1. The normalized spacial score (nSPS) is 9.47. The Bertz CT molecular complexity index is 210. The van der Waals surface area contributed by atoms with Gasteiger partial charge in [0, 0.05) is 25.9 Å². The molecule has 0 radical (unpaired) electrons. The summed E-state index contributed by atoms with van der Waals surface area (Å²) in [5.41, 5.74) is 0. The van der Waals surface area contributed by atoms with Crippen LogP contribution >= 0.6 is 0 Å². The molecule has 0 aromatic heterocycles. The number of rotatable bonds is 10. The molecule has 0 fully saturated rings.